The second kappa shape index (κ2) is 8.90. The largest absolute Gasteiger partial charge is 0.494 e. The van der Waals surface area contributed by atoms with E-state index in [0.29, 0.717) is 17.9 Å². The van der Waals surface area contributed by atoms with E-state index >= 15 is 0 Å². The maximum Gasteiger partial charge on any atom is 0.276 e. The van der Waals surface area contributed by atoms with Crippen molar-refractivity contribution in [2.45, 2.75) is 63.6 Å². The highest BCUT2D eigenvalue weighted by molar-refractivity contribution is 7.03. The lowest BCUT2D eigenvalue weighted by Crippen LogP contribution is -2.47. The zero-order valence-corrected chi connectivity index (χ0v) is 17.4. The van der Waals surface area contributed by atoms with Crippen molar-refractivity contribution in [1.29, 1.82) is 0 Å². The number of benzene rings is 1. The molecule has 0 radical (unpaired) electrons. The first-order valence-electron chi connectivity index (χ1n) is 10.3. The van der Waals surface area contributed by atoms with Crippen molar-refractivity contribution in [3.05, 3.63) is 40.9 Å². The Kier molecular flexibility index (Phi) is 6.08. The number of hydrogen-bond donors (Lipinski definition) is 1. The number of hydrogen-bond acceptors (Lipinski definition) is 6. The monoisotopic (exact) mass is 414 g/mol. The van der Waals surface area contributed by atoms with Crippen molar-refractivity contribution in [2.24, 2.45) is 0 Å². The van der Waals surface area contributed by atoms with Gasteiger partial charge in [-0.3, -0.25) is 9.59 Å². The van der Waals surface area contributed by atoms with E-state index < -0.39 is 6.04 Å². The molecule has 2 saturated carbocycles. The molecule has 2 amide bonds. The second-order valence-corrected chi connectivity index (χ2v) is 8.21. The van der Waals surface area contributed by atoms with Crippen LogP contribution in [0.1, 0.15) is 67.5 Å². The van der Waals surface area contributed by atoms with Gasteiger partial charge in [0.1, 0.15) is 11.8 Å². The van der Waals surface area contributed by atoms with Crippen LogP contribution < -0.4 is 10.1 Å². The van der Waals surface area contributed by atoms with Crippen molar-refractivity contribution >= 4 is 23.3 Å². The summed E-state index contributed by atoms with van der Waals surface area (Å²) in [5.41, 5.74) is 1.00. The van der Waals surface area contributed by atoms with Gasteiger partial charge < -0.3 is 15.0 Å². The summed E-state index contributed by atoms with van der Waals surface area (Å²) in [6, 6.07) is 6.95. The minimum absolute atomic E-state index is 0.0261. The molecule has 154 valence electrons. The molecular formula is C21H26N4O3S. The normalized spacial score (nSPS) is 17.7. The maximum atomic E-state index is 13.5. The molecule has 0 aliphatic heterocycles. The summed E-state index contributed by atoms with van der Waals surface area (Å²) >= 11 is 1.14. The molecule has 2 aliphatic rings. The highest BCUT2D eigenvalue weighted by Crippen LogP contribution is 2.39. The molecule has 1 atom stereocenters. The molecule has 0 saturated heterocycles. The predicted octanol–water partition coefficient (Wildman–Crippen LogP) is 3.34. The Labute approximate surface area is 174 Å². The molecule has 1 aromatic heterocycles. The average molecular weight is 415 g/mol. The summed E-state index contributed by atoms with van der Waals surface area (Å²) in [5.74, 6) is 0.239. The highest BCUT2D eigenvalue weighted by atomic mass is 32.1. The molecule has 2 aromatic rings. The van der Waals surface area contributed by atoms with E-state index in [-0.39, 0.29) is 29.6 Å². The van der Waals surface area contributed by atoms with Gasteiger partial charge in [0.2, 0.25) is 5.91 Å². The molecule has 0 bridgehead atoms. The molecule has 8 heteroatoms. The highest BCUT2D eigenvalue weighted by Gasteiger charge is 2.43. The maximum absolute atomic E-state index is 13.5. The number of carbonyl (C=O) groups is 2. The van der Waals surface area contributed by atoms with Gasteiger partial charge in [-0.2, -0.15) is 0 Å². The summed E-state index contributed by atoms with van der Waals surface area (Å²) in [6.07, 6.45) is 5.99. The van der Waals surface area contributed by atoms with Gasteiger partial charge in [-0.1, -0.05) is 35.5 Å². The fraction of sp³-hybridized carbons (Fsp3) is 0.524. The second-order valence-electron chi connectivity index (χ2n) is 7.60. The third-order valence-corrected chi connectivity index (χ3v) is 6.00. The summed E-state index contributed by atoms with van der Waals surface area (Å²) in [6.45, 7) is 2.40. The Morgan fingerprint density at radius 2 is 2.00 bits per heavy atom. The van der Waals surface area contributed by atoms with Gasteiger partial charge in [-0.05, 0) is 50.2 Å². The van der Waals surface area contributed by atoms with Gasteiger partial charge in [-0.15, -0.1) is 5.10 Å². The van der Waals surface area contributed by atoms with Crippen LogP contribution in [0.5, 0.6) is 5.75 Å². The van der Waals surface area contributed by atoms with Gasteiger partial charge in [-0.25, -0.2) is 0 Å². The molecular weight excluding hydrogens is 388 g/mol. The van der Waals surface area contributed by atoms with Gasteiger partial charge in [0.15, 0.2) is 5.69 Å². The minimum atomic E-state index is -0.750. The van der Waals surface area contributed by atoms with Crippen molar-refractivity contribution in [1.82, 2.24) is 19.8 Å². The summed E-state index contributed by atoms with van der Waals surface area (Å²) < 4.78 is 9.65. The smallest absolute Gasteiger partial charge is 0.276 e. The van der Waals surface area contributed by atoms with Crippen molar-refractivity contribution in [3.8, 4) is 5.75 Å². The van der Waals surface area contributed by atoms with Gasteiger partial charge >= 0.3 is 0 Å². The first kappa shape index (κ1) is 19.8. The van der Waals surface area contributed by atoms with Crippen LogP contribution in [0.15, 0.2) is 29.6 Å². The standard InChI is InChI=1S/C21H26N4O3S/c1-2-28-18-10-6-5-9-16(18)19(20(26)22-14-7-3-4-8-14)25(15-11-12-15)21(27)17-13-29-24-23-17/h5-6,9-10,13-15,19H,2-4,7-8,11-12H2,1H3,(H,22,26)/t19-/m0/s1. The van der Waals surface area contributed by atoms with Crippen LogP contribution >= 0.6 is 11.5 Å². The van der Waals surface area contributed by atoms with Crippen LogP contribution in [0.2, 0.25) is 0 Å². The Hall–Kier alpha value is -2.48. The van der Waals surface area contributed by atoms with Gasteiger partial charge in [0.25, 0.3) is 5.91 Å². The van der Waals surface area contributed by atoms with E-state index in [1.807, 2.05) is 31.2 Å². The third kappa shape index (κ3) is 4.42. The van der Waals surface area contributed by atoms with E-state index in [1.165, 1.54) is 0 Å². The van der Waals surface area contributed by atoms with E-state index in [4.69, 9.17) is 4.74 Å². The van der Waals surface area contributed by atoms with E-state index in [2.05, 4.69) is 14.9 Å². The number of aromatic nitrogens is 2. The average Bonchev–Trinajstić information content (AvgIpc) is 3.18. The zero-order chi connectivity index (χ0) is 20.2. The number of para-hydroxylation sites is 1. The molecule has 1 N–H and O–H groups in total. The lowest BCUT2D eigenvalue weighted by molar-refractivity contribution is -0.126. The van der Waals surface area contributed by atoms with Crippen LogP contribution in [0.3, 0.4) is 0 Å². The number of nitrogens with one attached hydrogen (secondary N) is 1. The topological polar surface area (TPSA) is 84.4 Å². The molecule has 29 heavy (non-hydrogen) atoms. The lowest BCUT2D eigenvalue weighted by Gasteiger charge is -2.32. The van der Waals surface area contributed by atoms with Crippen molar-refractivity contribution in [3.63, 3.8) is 0 Å². The number of rotatable bonds is 8. The molecule has 2 aliphatic carbocycles. The lowest BCUT2D eigenvalue weighted by atomic mass is 10.0. The Balaban J connectivity index is 1.72. The fourth-order valence-electron chi connectivity index (χ4n) is 4.00. The predicted molar refractivity (Wildman–Crippen MR) is 110 cm³/mol. The molecule has 2 fully saturated rings. The zero-order valence-electron chi connectivity index (χ0n) is 16.5. The Morgan fingerprint density at radius 3 is 2.66 bits per heavy atom. The fourth-order valence-corrected chi connectivity index (χ4v) is 4.43. The van der Waals surface area contributed by atoms with E-state index in [0.717, 1.165) is 50.1 Å². The van der Waals surface area contributed by atoms with Crippen LogP contribution in [0.4, 0.5) is 0 Å². The SMILES string of the molecule is CCOc1ccccc1[C@@H](C(=O)NC1CCCC1)N(C(=O)c1csnn1)C1CC1. The van der Waals surface area contributed by atoms with Gasteiger partial charge in [0.05, 0.1) is 6.61 Å². The summed E-state index contributed by atoms with van der Waals surface area (Å²) in [7, 11) is 0. The first-order chi connectivity index (χ1) is 14.2. The van der Waals surface area contributed by atoms with E-state index in [9.17, 15) is 9.59 Å². The van der Waals surface area contributed by atoms with Crippen molar-refractivity contribution in [2.75, 3.05) is 6.61 Å². The molecule has 7 nitrogen and oxygen atoms in total. The summed E-state index contributed by atoms with van der Waals surface area (Å²) in [5, 5.41) is 8.78. The number of ether oxygens (including phenoxy) is 1. The molecule has 1 heterocycles. The molecule has 1 aromatic carbocycles. The van der Waals surface area contributed by atoms with Crippen LogP contribution in [0, 0.1) is 0 Å². The number of amides is 2. The Bertz CT molecular complexity index is 847. The van der Waals surface area contributed by atoms with Crippen molar-refractivity contribution < 1.29 is 14.3 Å². The van der Waals surface area contributed by atoms with Crippen LogP contribution in [0.25, 0.3) is 0 Å². The molecule has 0 unspecified atom stereocenters. The summed E-state index contributed by atoms with van der Waals surface area (Å²) in [4.78, 5) is 28.5. The van der Waals surface area contributed by atoms with E-state index in [1.54, 1.807) is 10.3 Å². The third-order valence-electron chi connectivity index (χ3n) is 5.50. The quantitative estimate of drug-likeness (QED) is 0.716. The van der Waals surface area contributed by atoms with Crippen LogP contribution in [-0.2, 0) is 4.79 Å². The Morgan fingerprint density at radius 1 is 1.24 bits per heavy atom. The molecule has 4 rings (SSSR count). The minimum Gasteiger partial charge on any atom is -0.494 e. The molecule has 0 spiro atoms. The first-order valence-corrected chi connectivity index (χ1v) is 11.1. The number of nitrogens with zero attached hydrogens (tertiary/aromatic N) is 3. The van der Waals surface area contributed by atoms with Gasteiger partial charge in [0, 0.05) is 23.0 Å². The number of carbonyl (C=O) groups excluding carboxylic acids is 2. The van der Waals surface area contributed by atoms with Crippen LogP contribution in [-0.4, -0.2) is 45.0 Å².